The Balaban J connectivity index is 1.79. The molecule has 11 heteroatoms. The van der Waals surface area contributed by atoms with Crippen molar-refractivity contribution in [1.82, 2.24) is 4.57 Å². The number of ether oxygens (including phenoxy) is 3. The molecule has 3 heterocycles. The van der Waals surface area contributed by atoms with Crippen LogP contribution in [0.4, 0.5) is 5.69 Å². The molecule has 0 aliphatic carbocycles. The van der Waals surface area contributed by atoms with E-state index in [1.54, 1.807) is 24.0 Å². The lowest BCUT2D eigenvalue weighted by molar-refractivity contribution is -0.138. The molecule has 0 fully saturated rings. The van der Waals surface area contributed by atoms with E-state index >= 15 is 0 Å². The van der Waals surface area contributed by atoms with Crippen LogP contribution < -0.4 is 29.3 Å². The summed E-state index contributed by atoms with van der Waals surface area (Å²) < 4.78 is 17.7. The van der Waals surface area contributed by atoms with Gasteiger partial charge in [0, 0.05) is 19.0 Å². The number of carbonyl (C=O) groups is 3. The lowest BCUT2D eigenvalue weighted by atomic mass is 9.95. The SMILES string of the molecule is C=CCOC(=O)C1=C(C)N=c2sc(=C3C(=O)N(CC)c4ccccc43)c(=O)n2C1c1ccc(OC(C)=O)c(OC)c1. The average molecular weight is 574 g/mol. The number of methoxy groups -OCH3 is 1. The van der Waals surface area contributed by atoms with Crippen molar-refractivity contribution in [2.75, 3.05) is 25.2 Å². The molecule has 5 rings (SSSR count). The fourth-order valence-electron chi connectivity index (χ4n) is 5.07. The number of thiazole rings is 1. The normalized spacial score (nSPS) is 17.0. The van der Waals surface area contributed by atoms with E-state index in [4.69, 9.17) is 14.2 Å². The number of esters is 2. The second-order valence-electron chi connectivity index (χ2n) is 9.23. The van der Waals surface area contributed by atoms with Gasteiger partial charge in [-0.2, -0.15) is 0 Å². The summed E-state index contributed by atoms with van der Waals surface area (Å²) in [6.07, 6.45) is 1.44. The van der Waals surface area contributed by atoms with E-state index in [2.05, 4.69) is 11.6 Å². The molecule has 3 aromatic rings. The van der Waals surface area contributed by atoms with E-state index in [-0.39, 0.29) is 34.1 Å². The van der Waals surface area contributed by atoms with Crippen molar-refractivity contribution < 1.29 is 28.6 Å². The molecule has 1 atom stereocenters. The Morgan fingerprint density at radius 3 is 2.59 bits per heavy atom. The molecule has 1 amide bonds. The van der Waals surface area contributed by atoms with Crippen molar-refractivity contribution in [3.8, 4) is 11.5 Å². The van der Waals surface area contributed by atoms with Crippen LogP contribution in [0.25, 0.3) is 5.57 Å². The fraction of sp³-hybridized carbons (Fsp3) is 0.233. The molecule has 1 unspecified atom stereocenters. The van der Waals surface area contributed by atoms with Crippen LogP contribution in [-0.2, 0) is 19.1 Å². The third-order valence-electron chi connectivity index (χ3n) is 6.77. The van der Waals surface area contributed by atoms with Gasteiger partial charge in [0.05, 0.1) is 35.7 Å². The topological polar surface area (TPSA) is 117 Å². The van der Waals surface area contributed by atoms with Gasteiger partial charge in [-0.1, -0.05) is 48.3 Å². The first kappa shape index (κ1) is 27.8. The summed E-state index contributed by atoms with van der Waals surface area (Å²) in [5.74, 6) is -1.06. The number of aromatic nitrogens is 1. The average Bonchev–Trinajstić information content (AvgIpc) is 3.42. The van der Waals surface area contributed by atoms with Gasteiger partial charge in [0.25, 0.3) is 11.5 Å². The van der Waals surface area contributed by atoms with E-state index in [9.17, 15) is 19.2 Å². The van der Waals surface area contributed by atoms with Gasteiger partial charge < -0.3 is 19.1 Å². The minimum atomic E-state index is -0.966. The molecular weight excluding hydrogens is 546 g/mol. The molecule has 2 aliphatic heterocycles. The molecule has 0 saturated carbocycles. The van der Waals surface area contributed by atoms with Crippen LogP contribution in [0.3, 0.4) is 0 Å². The number of fused-ring (bicyclic) bond motifs is 2. The maximum atomic E-state index is 14.2. The molecule has 41 heavy (non-hydrogen) atoms. The van der Waals surface area contributed by atoms with Gasteiger partial charge in [-0.3, -0.25) is 19.0 Å². The predicted molar refractivity (Wildman–Crippen MR) is 153 cm³/mol. The van der Waals surface area contributed by atoms with Crippen molar-refractivity contribution in [3.05, 3.63) is 97.2 Å². The van der Waals surface area contributed by atoms with Gasteiger partial charge in [-0.25, -0.2) is 9.79 Å². The van der Waals surface area contributed by atoms with Gasteiger partial charge in [0.1, 0.15) is 11.1 Å². The van der Waals surface area contributed by atoms with Gasteiger partial charge in [0.2, 0.25) is 0 Å². The first-order valence-electron chi connectivity index (χ1n) is 12.8. The first-order chi connectivity index (χ1) is 19.7. The van der Waals surface area contributed by atoms with Gasteiger partial charge >= 0.3 is 11.9 Å². The monoisotopic (exact) mass is 573 g/mol. The van der Waals surface area contributed by atoms with Gasteiger partial charge in [-0.15, -0.1) is 0 Å². The van der Waals surface area contributed by atoms with Crippen LogP contribution in [-0.4, -0.2) is 42.7 Å². The number of carbonyl (C=O) groups excluding carboxylic acids is 3. The van der Waals surface area contributed by atoms with E-state index in [0.717, 1.165) is 17.0 Å². The number of anilines is 1. The molecule has 1 aromatic heterocycles. The molecule has 0 spiro atoms. The molecule has 0 bridgehead atoms. The second-order valence-corrected chi connectivity index (χ2v) is 10.2. The van der Waals surface area contributed by atoms with Crippen LogP contribution in [0, 0.1) is 0 Å². The Morgan fingerprint density at radius 1 is 1.15 bits per heavy atom. The Morgan fingerprint density at radius 2 is 1.90 bits per heavy atom. The number of hydrogen-bond donors (Lipinski definition) is 0. The lowest BCUT2D eigenvalue weighted by Crippen LogP contribution is -2.41. The zero-order chi connectivity index (χ0) is 29.4. The van der Waals surface area contributed by atoms with Crippen molar-refractivity contribution in [2.45, 2.75) is 26.8 Å². The molecule has 210 valence electrons. The van der Waals surface area contributed by atoms with Crippen LogP contribution in [0.5, 0.6) is 11.5 Å². The quantitative estimate of drug-likeness (QED) is 0.242. The number of nitrogens with zero attached hydrogens (tertiary/aromatic N) is 3. The van der Waals surface area contributed by atoms with Crippen molar-refractivity contribution in [3.63, 3.8) is 0 Å². The third kappa shape index (κ3) is 4.67. The summed E-state index contributed by atoms with van der Waals surface area (Å²) in [5, 5.41) is 0. The minimum Gasteiger partial charge on any atom is -0.493 e. The van der Waals surface area contributed by atoms with E-state index < -0.39 is 23.5 Å². The largest absolute Gasteiger partial charge is 0.493 e. The molecule has 0 radical (unpaired) electrons. The summed E-state index contributed by atoms with van der Waals surface area (Å²) in [6, 6.07) is 11.1. The number of amides is 1. The van der Waals surface area contributed by atoms with E-state index in [1.165, 1.54) is 30.7 Å². The van der Waals surface area contributed by atoms with Crippen molar-refractivity contribution in [1.29, 1.82) is 0 Å². The summed E-state index contributed by atoms with van der Waals surface area (Å²) in [7, 11) is 1.42. The lowest BCUT2D eigenvalue weighted by Gasteiger charge is -2.25. The van der Waals surface area contributed by atoms with Gasteiger partial charge in [-0.05, 0) is 37.6 Å². The van der Waals surface area contributed by atoms with Crippen LogP contribution in [0.2, 0.25) is 0 Å². The summed E-state index contributed by atoms with van der Waals surface area (Å²) in [6.45, 7) is 8.81. The molecule has 10 nitrogen and oxygen atoms in total. The Kier molecular flexibility index (Phi) is 7.46. The molecule has 0 saturated heterocycles. The zero-order valence-electron chi connectivity index (χ0n) is 22.9. The van der Waals surface area contributed by atoms with Crippen molar-refractivity contribution >= 4 is 40.4 Å². The number of hydrogen-bond acceptors (Lipinski definition) is 9. The number of likely N-dealkylation sites (N-methyl/N-ethyl adjacent to an activating group) is 1. The summed E-state index contributed by atoms with van der Waals surface area (Å²) in [5.41, 5.74) is 2.21. The maximum Gasteiger partial charge on any atom is 0.338 e. The highest BCUT2D eigenvalue weighted by atomic mass is 32.1. The number of allylic oxidation sites excluding steroid dienone is 1. The first-order valence-corrected chi connectivity index (χ1v) is 13.6. The summed E-state index contributed by atoms with van der Waals surface area (Å²) in [4.78, 5) is 59.2. The second kappa shape index (κ2) is 11.0. The Hall–Kier alpha value is -4.77. The molecule has 2 aliphatic rings. The highest BCUT2D eigenvalue weighted by Gasteiger charge is 2.37. The molecular formula is C30H27N3O7S. The Bertz CT molecular complexity index is 1830. The predicted octanol–water partition coefficient (Wildman–Crippen LogP) is 2.64. The minimum absolute atomic E-state index is 0.0379. The molecule has 2 aromatic carbocycles. The van der Waals surface area contributed by atoms with Crippen molar-refractivity contribution in [2.24, 2.45) is 4.99 Å². The highest BCUT2D eigenvalue weighted by Crippen LogP contribution is 2.37. The summed E-state index contributed by atoms with van der Waals surface area (Å²) >= 11 is 1.09. The van der Waals surface area contributed by atoms with Crippen LogP contribution in [0.15, 0.2) is 76.2 Å². The van der Waals surface area contributed by atoms with E-state index in [0.29, 0.717) is 33.7 Å². The fourth-order valence-corrected chi connectivity index (χ4v) is 6.20. The molecule has 0 N–H and O–H groups in total. The number of rotatable bonds is 7. The smallest absolute Gasteiger partial charge is 0.338 e. The van der Waals surface area contributed by atoms with Crippen LogP contribution >= 0.6 is 11.3 Å². The zero-order valence-corrected chi connectivity index (χ0v) is 23.7. The maximum absolute atomic E-state index is 14.2. The number of para-hydroxylation sites is 1. The van der Waals surface area contributed by atoms with E-state index in [1.807, 2.05) is 31.2 Å². The van der Waals surface area contributed by atoms with Gasteiger partial charge in [0.15, 0.2) is 16.3 Å². The number of benzene rings is 2. The Labute approximate surface area is 239 Å². The van der Waals surface area contributed by atoms with Crippen LogP contribution in [0.1, 0.15) is 37.9 Å². The standard InChI is InChI=1S/C30H27N3O7S/c1-6-14-39-29(37)23-16(3)31-30-33(25(23)18-12-13-21(40-17(4)34)22(15-18)38-5)28(36)26(41-30)24-19-10-8-9-11-20(19)32(7-2)27(24)35/h6,8-13,15,25H,1,7,14H2,2-5H3. The third-order valence-corrected chi connectivity index (χ3v) is 7.83. The highest BCUT2D eigenvalue weighted by molar-refractivity contribution is 7.07.